The maximum absolute atomic E-state index is 12.1. The Labute approximate surface area is 151 Å². The van der Waals surface area contributed by atoms with E-state index in [9.17, 15) is 18.0 Å². The molecule has 0 heterocycles. The van der Waals surface area contributed by atoms with Gasteiger partial charge in [-0.1, -0.05) is 12.1 Å². The SMILES string of the molecule is O=C(O)CSCCNC(=O)CCc1ccc(S(=O)(=O)NC2CC2)cc1. The molecule has 3 N–H and O–H groups in total. The lowest BCUT2D eigenvalue weighted by Crippen LogP contribution is -2.26. The quantitative estimate of drug-likeness (QED) is 0.489. The summed E-state index contributed by atoms with van der Waals surface area (Å²) in [6.07, 6.45) is 2.60. The molecule has 0 atom stereocenters. The van der Waals surface area contributed by atoms with Gasteiger partial charge in [-0.05, 0) is 37.0 Å². The van der Waals surface area contributed by atoms with Gasteiger partial charge in [0.25, 0.3) is 0 Å². The van der Waals surface area contributed by atoms with E-state index in [-0.39, 0.29) is 22.6 Å². The monoisotopic (exact) mass is 386 g/mol. The van der Waals surface area contributed by atoms with Gasteiger partial charge in [0.05, 0.1) is 10.6 Å². The van der Waals surface area contributed by atoms with Crippen LogP contribution in [-0.2, 0) is 26.0 Å². The highest BCUT2D eigenvalue weighted by Crippen LogP contribution is 2.22. The van der Waals surface area contributed by atoms with Gasteiger partial charge in [-0.25, -0.2) is 13.1 Å². The first-order chi connectivity index (χ1) is 11.9. The number of carboxylic acid groups (broad SMARTS) is 1. The second kappa shape index (κ2) is 9.21. The maximum Gasteiger partial charge on any atom is 0.313 e. The van der Waals surface area contributed by atoms with Gasteiger partial charge in [0.2, 0.25) is 15.9 Å². The van der Waals surface area contributed by atoms with Crippen molar-refractivity contribution in [3.63, 3.8) is 0 Å². The molecule has 0 radical (unpaired) electrons. The van der Waals surface area contributed by atoms with E-state index in [4.69, 9.17) is 5.11 Å². The fourth-order valence-electron chi connectivity index (χ4n) is 2.09. The zero-order chi connectivity index (χ0) is 18.3. The Bertz CT molecular complexity index is 700. The zero-order valence-electron chi connectivity index (χ0n) is 13.7. The van der Waals surface area contributed by atoms with Crippen molar-refractivity contribution in [1.82, 2.24) is 10.0 Å². The van der Waals surface area contributed by atoms with Crippen LogP contribution in [0.3, 0.4) is 0 Å². The topological polar surface area (TPSA) is 113 Å². The molecule has 1 aliphatic carbocycles. The van der Waals surface area contributed by atoms with Crippen LogP contribution in [0.2, 0.25) is 0 Å². The van der Waals surface area contributed by atoms with E-state index in [1.807, 2.05) is 0 Å². The van der Waals surface area contributed by atoms with Gasteiger partial charge >= 0.3 is 5.97 Å². The second-order valence-electron chi connectivity index (χ2n) is 5.84. The van der Waals surface area contributed by atoms with Crippen LogP contribution >= 0.6 is 11.8 Å². The van der Waals surface area contributed by atoms with Gasteiger partial charge in [0.1, 0.15) is 0 Å². The van der Waals surface area contributed by atoms with E-state index in [0.29, 0.717) is 25.1 Å². The van der Waals surface area contributed by atoms with E-state index >= 15 is 0 Å². The largest absolute Gasteiger partial charge is 0.481 e. The molecule has 9 heteroatoms. The van der Waals surface area contributed by atoms with Gasteiger partial charge in [-0.2, -0.15) is 0 Å². The second-order valence-corrected chi connectivity index (χ2v) is 8.65. The van der Waals surface area contributed by atoms with E-state index in [1.54, 1.807) is 24.3 Å². The molecule has 0 aromatic heterocycles. The number of thioether (sulfide) groups is 1. The Morgan fingerprint density at radius 2 is 1.88 bits per heavy atom. The van der Waals surface area contributed by atoms with Crippen molar-refractivity contribution >= 4 is 33.7 Å². The fourth-order valence-corrected chi connectivity index (χ4v) is 3.96. The Morgan fingerprint density at radius 3 is 2.48 bits per heavy atom. The van der Waals surface area contributed by atoms with Crippen molar-refractivity contribution in [2.45, 2.75) is 36.6 Å². The van der Waals surface area contributed by atoms with Crippen LogP contribution in [0.4, 0.5) is 0 Å². The standard InChI is InChI=1S/C16H22N2O5S2/c19-15(17-9-10-24-11-16(20)21)8-3-12-1-6-14(7-2-12)25(22,23)18-13-4-5-13/h1-2,6-7,13,18H,3-5,8-11H2,(H,17,19)(H,20,21). The minimum absolute atomic E-state index is 0.0285. The number of sulfonamides is 1. The summed E-state index contributed by atoms with van der Waals surface area (Å²) in [5.41, 5.74) is 0.890. The van der Waals surface area contributed by atoms with Crippen LogP contribution in [0.15, 0.2) is 29.2 Å². The number of aliphatic carboxylic acids is 1. The summed E-state index contributed by atoms with van der Waals surface area (Å²) in [6, 6.07) is 6.62. The third-order valence-electron chi connectivity index (χ3n) is 3.57. The minimum Gasteiger partial charge on any atom is -0.481 e. The van der Waals surface area contributed by atoms with Crippen LogP contribution in [0.25, 0.3) is 0 Å². The first kappa shape index (κ1) is 19.7. The summed E-state index contributed by atoms with van der Waals surface area (Å²) in [4.78, 5) is 22.3. The van der Waals surface area contributed by atoms with E-state index < -0.39 is 16.0 Å². The smallest absolute Gasteiger partial charge is 0.313 e. The summed E-state index contributed by atoms with van der Waals surface area (Å²) in [6.45, 7) is 0.431. The molecule has 0 saturated heterocycles. The summed E-state index contributed by atoms with van der Waals surface area (Å²) in [7, 11) is -3.44. The molecular weight excluding hydrogens is 364 g/mol. The Kier molecular flexibility index (Phi) is 7.27. The van der Waals surface area contributed by atoms with Crippen LogP contribution in [0.1, 0.15) is 24.8 Å². The molecule has 1 aliphatic rings. The molecule has 7 nitrogen and oxygen atoms in total. The number of amides is 1. The lowest BCUT2D eigenvalue weighted by molar-refractivity contribution is -0.133. The normalized spacial score (nSPS) is 14.2. The lowest BCUT2D eigenvalue weighted by atomic mass is 10.1. The highest BCUT2D eigenvalue weighted by molar-refractivity contribution is 7.99. The summed E-state index contributed by atoms with van der Waals surface area (Å²) >= 11 is 1.25. The van der Waals surface area contributed by atoms with Gasteiger partial charge in [0, 0.05) is 24.8 Å². The summed E-state index contributed by atoms with van der Waals surface area (Å²) in [5, 5.41) is 11.2. The van der Waals surface area contributed by atoms with Crippen molar-refractivity contribution in [1.29, 1.82) is 0 Å². The van der Waals surface area contributed by atoms with Gasteiger partial charge in [0.15, 0.2) is 0 Å². The molecule has 0 unspecified atom stereocenters. The van der Waals surface area contributed by atoms with E-state index in [0.717, 1.165) is 18.4 Å². The molecular formula is C16H22N2O5S2. The predicted octanol–water partition coefficient (Wildman–Crippen LogP) is 0.994. The minimum atomic E-state index is -3.44. The number of hydrogen-bond acceptors (Lipinski definition) is 5. The maximum atomic E-state index is 12.1. The number of hydrogen-bond donors (Lipinski definition) is 3. The first-order valence-electron chi connectivity index (χ1n) is 8.04. The number of carbonyl (C=O) groups is 2. The Hall–Kier alpha value is -1.58. The molecule has 1 aromatic carbocycles. The molecule has 1 aromatic rings. The third kappa shape index (κ3) is 7.45. The van der Waals surface area contributed by atoms with Crippen molar-refractivity contribution < 1.29 is 23.1 Å². The van der Waals surface area contributed by atoms with Gasteiger partial charge < -0.3 is 10.4 Å². The molecule has 1 amide bonds. The van der Waals surface area contributed by atoms with Crippen molar-refractivity contribution in [2.24, 2.45) is 0 Å². The van der Waals surface area contributed by atoms with E-state index in [1.165, 1.54) is 11.8 Å². The molecule has 138 valence electrons. The van der Waals surface area contributed by atoms with Crippen LogP contribution in [0.5, 0.6) is 0 Å². The molecule has 25 heavy (non-hydrogen) atoms. The number of carboxylic acids is 1. The average molecular weight is 386 g/mol. The summed E-state index contributed by atoms with van der Waals surface area (Å²) < 4.78 is 26.7. The average Bonchev–Trinajstić information content (AvgIpc) is 3.36. The van der Waals surface area contributed by atoms with Crippen LogP contribution < -0.4 is 10.0 Å². The van der Waals surface area contributed by atoms with Crippen LogP contribution in [-0.4, -0.2) is 49.5 Å². The fraction of sp³-hybridized carbons (Fsp3) is 0.500. The molecule has 1 saturated carbocycles. The lowest BCUT2D eigenvalue weighted by Gasteiger charge is -2.07. The van der Waals surface area contributed by atoms with Gasteiger partial charge in [-0.15, -0.1) is 11.8 Å². The summed E-state index contributed by atoms with van der Waals surface area (Å²) in [5.74, 6) is -0.392. The van der Waals surface area contributed by atoms with Crippen molar-refractivity contribution in [3.05, 3.63) is 29.8 Å². The first-order valence-corrected chi connectivity index (χ1v) is 10.7. The van der Waals surface area contributed by atoms with Crippen LogP contribution in [0, 0.1) is 0 Å². The molecule has 0 spiro atoms. The zero-order valence-corrected chi connectivity index (χ0v) is 15.4. The number of nitrogens with one attached hydrogen (secondary N) is 2. The highest BCUT2D eigenvalue weighted by atomic mass is 32.2. The van der Waals surface area contributed by atoms with Crippen molar-refractivity contribution in [2.75, 3.05) is 18.1 Å². The Balaban J connectivity index is 1.70. The molecule has 0 bridgehead atoms. The predicted molar refractivity (Wildman–Crippen MR) is 96.1 cm³/mol. The van der Waals surface area contributed by atoms with Crippen molar-refractivity contribution in [3.8, 4) is 0 Å². The van der Waals surface area contributed by atoms with Gasteiger partial charge in [-0.3, -0.25) is 9.59 Å². The number of aryl methyl sites for hydroxylation is 1. The molecule has 0 aliphatic heterocycles. The molecule has 2 rings (SSSR count). The molecule has 1 fully saturated rings. The third-order valence-corrected chi connectivity index (χ3v) is 6.05. The Morgan fingerprint density at radius 1 is 1.20 bits per heavy atom. The highest BCUT2D eigenvalue weighted by Gasteiger charge is 2.27. The van der Waals surface area contributed by atoms with E-state index in [2.05, 4.69) is 10.0 Å². The number of benzene rings is 1. The number of rotatable bonds is 11. The number of carbonyl (C=O) groups excluding carboxylic acids is 1.